The number of hydrogen-bond acceptors (Lipinski definition) is 1. The summed E-state index contributed by atoms with van der Waals surface area (Å²) in [6.45, 7) is 1.45. The van der Waals surface area contributed by atoms with Gasteiger partial charge in [0, 0.05) is 17.9 Å². The minimum absolute atomic E-state index is 0.0635. The van der Waals surface area contributed by atoms with Gasteiger partial charge in [0.2, 0.25) is 0 Å². The van der Waals surface area contributed by atoms with Gasteiger partial charge in [0.1, 0.15) is 17.4 Å². The molecule has 0 amide bonds. The summed E-state index contributed by atoms with van der Waals surface area (Å²) < 4.78 is 27.7. The van der Waals surface area contributed by atoms with E-state index in [4.69, 9.17) is 0 Å². The summed E-state index contributed by atoms with van der Waals surface area (Å²) in [4.78, 5) is 12.5. The molecule has 154 valence electrons. The lowest BCUT2D eigenvalue weighted by molar-refractivity contribution is -0.123. The van der Waals surface area contributed by atoms with Crippen LogP contribution >= 0.6 is 0 Å². The molecule has 0 unspecified atom stereocenters. The summed E-state index contributed by atoms with van der Waals surface area (Å²) in [6, 6.07) is 10.9. The molecule has 3 heteroatoms. The van der Waals surface area contributed by atoms with E-state index in [0.717, 1.165) is 50.5 Å². The summed E-state index contributed by atoms with van der Waals surface area (Å²) >= 11 is 0. The second kappa shape index (κ2) is 8.77. The van der Waals surface area contributed by atoms with Crippen LogP contribution in [0, 0.1) is 30.4 Å². The molecule has 0 N–H and O–H groups in total. The van der Waals surface area contributed by atoms with Crippen LogP contribution < -0.4 is 0 Å². The highest BCUT2D eigenvalue weighted by Gasteiger charge is 2.28. The highest BCUT2D eigenvalue weighted by atomic mass is 19.1. The number of carbonyl (C=O) groups excluding carboxylic acids is 1. The molecule has 2 aliphatic carbocycles. The van der Waals surface area contributed by atoms with Crippen LogP contribution in [0.3, 0.4) is 0 Å². The third-order valence-electron chi connectivity index (χ3n) is 7.14. The zero-order valence-corrected chi connectivity index (χ0v) is 17.2. The van der Waals surface area contributed by atoms with E-state index in [-0.39, 0.29) is 5.56 Å². The molecule has 0 heterocycles. The zero-order chi connectivity index (χ0) is 20.4. The monoisotopic (exact) mass is 396 g/mol. The third-order valence-corrected chi connectivity index (χ3v) is 7.14. The van der Waals surface area contributed by atoms with Gasteiger partial charge in [0.15, 0.2) is 0 Å². The Morgan fingerprint density at radius 1 is 0.862 bits per heavy atom. The van der Waals surface area contributed by atoms with Crippen molar-refractivity contribution in [1.29, 1.82) is 0 Å². The molecule has 0 aliphatic heterocycles. The highest BCUT2D eigenvalue weighted by Crippen LogP contribution is 2.39. The first kappa shape index (κ1) is 20.3. The van der Waals surface area contributed by atoms with Crippen LogP contribution in [0.2, 0.25) is 0 Å². The number of ketones is 1. The van der Waals surface area contributed by atoms with Crippen molar-refractivity contribution in [2.45, 2.75) is 70.6 Å². The predicted molar refractivity (Wildman–Crippen MR) is 113 cm³/mol. The molecule has 2 aliphatic rings. The molecule has 0 aromatic heterocycles. The second-order valence-electron chi connectivity index (χ2n) is 9.06. The standard InChI is InChI=1S/C26H30F2O/c1-17-24(27)15-23(16-25(17)28)21-12-10-20(11-13-21)19-8-6-18(7-9-19)14-26(29)22-4-2-3-5-22/h10-13,15-16,18-19,22H,2-9,14H2,1H3. The predicted octanol–water partition coefficient (Wildman–Crippen LogP) is 7.36. The van der Waals surface area contributed by atoms with Crippen LogP contribution in [0.5, 0.6) is 0 Å². The number of rotatable bonds is 5. The number of halogens is 2. The molecule has 2 fully saturated rings. The normalized spacial score (nSPS) is 22.7. The van der Waals surface area contributed by atoms with Crippen LogP contribution in [0.15, 0.2) is 36.4 Å². The molecule has 1 nitrogen and oxygen atoms in total. The Kier molecular flexibility index (Phi) is 6.12. The van der Waals surface area contributed by atoms with Crippen LogP contribution in [0.4, 0.5) is 8.78 Å². The van der Waals surface area contributed by atoms with Crippen molar-refractivity contribution in [2.24, 2.45) is 11.8 Å². The third kappa shape index (κ3) is 4.60. The Bertz CT molecular complexity index is 834. The molecule has 4 rings (SSSR count). The topological polar surface area (TPSA) is 17.1 Å². The highest BCUT2D eigenvalue weighted by molar-refractivity contribution is 5.81. The maximum Gasteiger partial charge on any atom is 0.136 e. The first-order valence-corrected chi connectivity index (χ1v) is 11.1. The lowest BCUT2D eigenvalue weighted by Crippen LogP contribution is -2.20. The van der Waals surface area contributed by atoms with Crippen molar-refractivity contribution >= 4 is 5.78 Å². The molecule has 0 bridgehead atoms. The Morgan fingerprint density at radius 2 is 1.45 bits per heavy atom. The molecule has 2 saturated carbocycles. The maximum absolute atomic E-state index is 13.9. The lowest BCUT2D eigenvalue weighted by Gasteiger charge is -2.29. The summed E-state index contributed by atoms with van der Waals surface area (Å²) in [6.07, 6.45) is 9.93. The maximum atomic E-state index is 13.9. The molecule has 29 heavy (non-hydrogen) atoms. The zero-order valence-electron chi connectivity index (χ0n) is 17.2. The van der Waals surface area contributed by atoms with E-state index in [2.05, 4.69) is 12.1 Å². The molecule has 0 spiro atoms. The molecule has 0 radical (unpaired) electrons. The summed E-state index contributed by atoms with van der Waals surface area (Å²) in [5, 5.41) is 0. The fraction of sp³-hybridized carbons (Fsp3) is 0.500. The Labute approximate surface area is 172 Å². The van der Waals surface area contributed by atoms with E-state index in [1.165, 1.54) is 37.5 Å². The van der Waals surface area contributed by atoms with E-state index in [1.807, 2.05) is 12.1 Å². The number of benzene rings is 2. The molecule has 2 aromatic carbocycles. The fourth-order valence-corrected chi connectivity index (χ4v) is 5.16. The first-order chi connectivity index (χ1) is 14.0. The smallest absolute Gasteiger partial charge is 0.136 e. The van der Waals surface area contributed by atoms with Crippen molar-refractivity contribution in [1.82, 2.24) is 0 Å². The molecule has 0 saturated heterocycles. The van der Waals surface area contributed by atoms with Gasteiger partial charge in [-0.15, -0.1) is 0 Å². The van der Waals surface area contributed by atoms with Gasteiger partial charge in [-0.3, -0.25) is 4.79 Å². The van der Waals surface area contributed by atoms with Crippen molar-refractivity contribution in [3.8, 4) is 11.1 Å². The quantitative estimate of drug-likeness (QED) is 0.516. The van der Waals surface area contributed by atoms with E-state index >= 15 is 0 Å². The summed E-state index contributed by atoms with van der Waals surface area (Å²) in [7, 11) is 0. The van der Waals surface area contributed by atoms with Crippen molar-refractivity contribution in [3.63, 3.8) is 0 Å². The molecule has 0 atom stereocenters. The van der Waals surface area contributed by atoms with Crippen molar-refractivity contribution in [2.75, 3.05) is 0 Å². The van der Waals surface area contributed by atoms with Crippen LogP contribution in [0.25, 0.3) is 11.1 Å². The van der Waals surface area contributed by atoms with E-state index in [9.17, 15) is 13.6 Å². The average molecular weight is 397 g/mol. The van der Waals surface area contributed by atoms with Gasteiger partial charge < -0.3 is 0 Å². The minimum Gasteiger partial charge on any atom is -0.299 e. The van der Waals surface area contributed by atoms with Crippen LogP contribution in [-0.2, 0) is 4.79 Å². The van der Waals surface area contributed by atoms with Crippen molar-refractivity contribution < 1.29 is 13.6 Å². The Morgan fingerprint density at radius 3 is 2.03 bits per heavy atom. The van der Waals surface area contributed by atoms with Gasteiger partial charge in [-0.1, -0.05) is 37.1 Å². The van der Waals surface area contributed by atoms with Gasteiger partial charge in [-0.2, -0.15) is 0 Å². The van der Waals surface area contributed by atoms with Gasteiger partial charge in [-0.25, -0.2) is 8.78 Å². The fourth-order valence-electron chi connectivity index (χ4n) is 5.16. The number of Topliss-reactive ketones (excluding diaryl/α,β-unsaturated/α-hetero) is 1. The minimum atomic E-state index is -0.505. The Balaban J connectivity index is 1.35. The van der Waals surface area contributed by atoms with Gasteiger partial charge in [0.25, 0.3) is 0 Å². The van der Waals surface area contributed by atoms with Crippen LogP contribution in [0.1, 0.15) is 74.8 Å². The second-order valence-corrected chi connectivity index (χ2v) is 9.06. The van der Waals surface area contributed by atoms with Gasteiger partial charge in [-0.05, 0) is 86.1 Å². The van der Waals surface area contributed by atoms with Gasteiger partial charge >= 0.3 is 0 Å². The van der Waals surface area contributed by atoms with Gasteiger partial charge in [0.05, 0.1) is 0 Å². The Hall–Kier alpha value is -2.03. The van der Waals surface area contributed by atoms with Crippen molar-refractivity contribution in [3.05, 3.63) is 59.2 Å². The lowest BCUT2D eigenvalue weighted by atomic mass is 9.76. The SMILES string of the molecule is Cc1c(F)cc(-c2ccc(C3CCC(CC(=O)C4CCCC4)CC3)cc2)cc1F. The number of hydrogen-bond donors (Lipinski definition) is 0. The summed E-state index contributed by atoms with van der Waals surface area (Å²) in [5.41, 5.74) is 2.77. The summed E-state index contributed by atoms with van der Waals surface area (Å²) in [5.74, 6) is 0.916. The average Bonchev–Trinajstić information content (AvgIpc) is 3.27. The van der Waals surface area contributed by atoms with E-state index < -0.39 is 11.6 Å². The largest absolute Gasteiger partial charge is 0.299 e. The number of carbonyl (C=O) groups is 1. The molecular weight excluding hydrogens is 366 g/mol. The van der Waals surface area contributed by atoms with E-state index in [0.29, 0.717) is 29.1 Å². The molecular formula is C26H30F2O. The first-order valence-electron chi connectivity index (χ1n) is 11.1. The molecule has 2 aromatic rings. The van der Waals surface area contributed by atoms with Crippen LogP contribution in [-0.4, -0.2) is 5.78 Å². The van der Waals surface area contributed by atoms with E-state index in [1.54, 1.807) is 0 Å².